The molecule has 9 heteroatoms. The van der Waals surface area contributed by atoms with Crippen LogP contribution in [-0.4, -0.2) is 28.0 Å². The molecule has 0 bridgehead atoms. The predicted molar refractivity (Wildman–Crippen MR) is 104 cm³/mol. The molecule has 0 fully saturated rings. The molecule has 2 heterocycles. The lowest BCUT2D eigenvalue weighted by Gasteiger charge is -2.17. The van der Waals surface area contributed by atoms with Gasteiger partial charge in [0.1, 0.15) is 11.6 Å². The van der Waals surface area contributed by atoms with E-state index in [0.717, 1.165) is 17.8 Å². The van der Waals surface area contributed by atoms with Gasteiger partial charge in [0.2, 0.25) is 11.2 Å². The molecule has 0 radical (unpaired) electrons. The molecule has 1 N–H and O–H groups in total. The van der Waals surface area contributed by atoms with Gasteiger partial charge in [-0.05, 0) is 18.2 Å². The molecule has 29 heavy (non-hydrogen) atoms. The topological polar surface area (TPSA) is 94.6 Å². The second-order valence-corrected chi connectivity index (χ2v) is 7.24. The van der Waals surface area contributed by atoms with Crippen LogP contribution in [0.4, 0.5) is 4.39 Å². The van der Waals surface area contributed by atoms with Crippen LogP contribution in [0.2, 0.25) is 0 Å². The lowest BCUT2D eigenvalue weighted by atomic mass is 9.97. The number of aromatic hydroxyl groups is 1. The number of esters is 1. The van der Waals surface area contributed by atoms with Crippen molar-refractivity contribution in [1.82, 2.24) is 9.78 Å². The van der Waals surface area contributed by atoms with Crippen LogP contribution in [0.15, 0.2) is 56.7 Å². The van der Waals surface area contributed by atoms with E-state index in [-0.39, 0.29) is 29.5 Å². The standard InChI is InChI=1S/C20H19FN2O5S/c1-23-15(7-8-22-23)13(10-18(25)27-2)20-19(26)16(24)9-12(28-20)11-29-17-6-4-3-5-14(17)21/h3-9,13,26H,10-11H2,1-2H3/t13-/m0/s1. The van der Waals surface area contributed by atoms with Crippen molar-refractivity contribution in [2.24, 2.45) is 7.05 Å². The quantitative estimate of drug-likeness (QED) is 0.465. The van der Waals surface area contributed by atoms with Crippen molar-refractivity contribution in [1.29, 1.82) is 0 Å². The Balaban J connectivity index is 1.98. The summed E-state index contributed by atoms with van der Waals surface area (Å²) in [5.41, 5.74) is -0.0832. The van der Waals surface area contributed by atoms with Crippen molar-refractivity contribution >= 4 is 17.7 Å². The number of aromatic nitrogens is 2. The Bertz CT molecular complexity index is 1080. The Kier molecular flexibility index (Phi) is 6.38. The summed E-state index contributed by atoms with van der Waals surface area (Å²) < 4.78 is 25.9. The third-order valence-corrected chi connectivity index (χ3v) is 5.41. The van der Waals surface area contributed by atoms with Crippen molar-refractivity contribution < 1.29 is 23.4 Å². The third-order valence-electron chi connectivity index (χ3n) is 4.34. The molecule has 0 aliphatic heterocycles. The molecule has 3 rings (SSSR count). The minimum absolute atomic E-state index is 0.0596. The molecule has 0 aliphatic carbocycles. The lowest BCUT2D eigenvalue weighted by molar-refractivity contribution is -0.141. The molecule has 1 atom stereocenters. The molecule has 0 saturated heterocycles. The molecule has 0 aliphatic rings. The molecule has 0 saturated carbocycles. The zero-order valence-electron chi connectivity index (χ0n) is 15.8. The van der Waals surface area contributed by atoms with Gasteiger partial charge in [0.25, 0.3) is 0 Å². The Labute approximate surface area is 170 Å². The summed E-state index contributed by atoms with van der Waals surface area (Å²) in [6, 6.07) is 9.08. The van der Waals surface area contributed by atoms with Crippen LogP contribution in [0.25, 0.3) is 0 Å². The van der Waals surface area contributed by atoms with Gasteiger partial charge in [-0.1, -0.05) is 12.1 Å². The van der Waals surface area contributed by atoms with Crippen LogP contribution in [-0.2, 0) is 22.3 Å². The summed E-state index contributed by atoms with van der Waals surface area (Å²) in [7, 11) is 2.92. The smallest absolute Gasteiger partial charge is 0.306 e. The summed E-state index contributed by atoms with van der Waals surface area (Å²) in [5, 5.41) is 14.4. The van der Waals surface area contributed by atoms with Crippen molar-refractivity contribution in [2.45, 2.75) is 23.0 Å². The predicted octanol–water partition coefficient (Wildman–Crippen LogP) is 3.21. The van der Waals surface area contributed by atoms with Gasteiger partial charge in [-0.2, -0.15) is 5.10 Å². The van der Waals surface area contributed by atoms with E-state index in [1.165, 1.54) is 24.1 Å². The van der Waals surface area contributed by atoms with Gasteiger partial charge < -0.3 is 14.3 Å². The molecule has 0 spiro atoms. The third kappa shape index (κ3) is 4.68. The highest BCUT2D eigenvalue weighted by Gasteiger charge is 2.28. The van der Waals surface area contributed by atoms with Crippen molar-refractivity contribution in [3.63, 3.8) is 0 Å². The maximum atomic E-state index is 13.8. The van der Waals surface area contributed by atoms with Crippen LogP contribution >= 0.6 is 11.8 Å². The van der Waals surface area contributed by atoms with E-state index in [1.807, 2.05) is 0 Å². The van der Waals surface area contributed by atoms with E-state index in [0.29, 0.717) is 10.6 Å². The van der Waals surface area contributed by atoms with Crippen molar-refractivity contribution in [3.05, 3.63) is 75.9 Å². The summed E-state index contributed by atoms with van der Waals surface area (Å²) in [5.74, 6) is -1.93. The first-order valence-corrected chi connectivity index (χ1v) is 9.67. The van der Waals surface area contributed by atoms with E-state index >= 15 is 0 Å². The van der Waals surface area contributed by atoms with Gasteiger partial charge in [-0.3, -0.25) is 14.3 Å². The average Bonchev–Trinajstić information content (AvgIpc) is 3.13. The first kappa shape index (κ1) is 20.7. The zero-order chi connectivity index (χ0) is 21.0. The minimum Gasteiger partial charge on any atom is -0.502 e. The van der Waals surface area contributed by atoms with Gasteiger partial charge >= 0.3 is 5.97 Å². The number of carbonyl (C=O) groups is 1. The highest BCUT2D eigenvalue weighted by molar-refractivity contribution is 7.98. The first-order valence-electron chi connectivity index (χ1n) is 8.68. The minimum atomic E-state index is -0.777. The number of rotatable bonds is 7. The summed E-state index contributed by atoms with van der Waals surface area (Å²) in [6.45, 7) is 0. The monoisotopic (exact) mass is 418 g/mol. The summed E-state index contributed by atoms with van der Waals surface area (Å²) >= 11 is 1.16. The Morgan fingerprint density at radius 1 is 1.38 bits per heavy atom. The fourth-order valence-electron chi connectivity index (χ4n) is 2.88. The number of aryl methyl sites for hydroxylation is 1. The number of ether oxygens (including phenoxy) is 1. The maximum absolute atomic E-state index is 13.8. The van der Waals surface area contributed by atoms with Crippen LogP contribution in [0, 0.1) is 5.82 Å². The van der Waals surface area contributed by atoms with Crippen molar-refractivity contribution in [2.75, 3.05) is 7.11 Å². The number of halogens is 1. The second-order valence-electron chi connectivity index (χ2n) is 6.22. The van der Waals surface area contributed by atoms with Gasteiger partial charge in [0, 0.05) is 29.9 Å². The van der Waals surface area contributed by atoms with Gasteiger partial charge in [-0.15, -0.1) is 11.8 Å². The molecule has 1 aromatic carbocycles. The zero-order valence-corrected chi connectivity index (χ0v) is 16.6. The number of carbonyl (C=O) groups excluding carboxylic acids is 1. The van der Waals surface area contributed by atoms with Crippen LogP contribution in [0.1, 0.15) is 29.6 Å². The Morgan fingerprint density at radius 2 is 2.14 bits per heavy atom. The second kappa shape index (κ2) is 8.95. The van der Waals surface area contributed by atoms with Gasteiger partial charge in [-0.25, -0.2) is 4.39 Å². The Morgan fingerprint density at radius 3 is 2.79 bits per heavy atom. The van der Waals surface area contributed by atoms with Crippen LogP contribution in [0.3, 0.4) is 0 Å². The lowest BCUT2D eigenvalue weighted by Crippen LogP contribution is -2.16. The molecule has 3 aromatic rings. The maximum Gasteiger partial charge on any atom is 0.306 e. The molecular weight excluding hydrogens is 399 g/mol. The molecule has 2 aromatic heterocycles. The summed E-state index contributed by atoms with van der Waals surface area (Å²) in [6.07, 6.45) is 1.38. The fourth-order valence-corrected chi connectivity index (χ4v) is 3.70. The molecule has 0 unspecified atom stereocenters. The fraction of sp³-hybridized carbons (Fsp3) is 0.250. The van der Waals surface area contributed by atoms with E-state index in [9.17, 15) is 19.1 Å². The number of nitrogens with zero attached hydrogens (tertiary/aromatic N) is 2. The average molecular weight is 418 g/mol. The van der Waals surface area contributed by atoms with Crippen LogP contribution in [0.5, 0.6) is 5.75 Å². The first-order chi connectivity index (χ1) is 13.9. The van der Waals surface area contributed by atoms with E-state index in [2.05, 4.69) is 5.10 Å². The highest BCUT2D eigenvalue weighted by Crippen LogP contribution is 2.34. The van der Waals surface area contributed by atoms with Gasteiger partial charge in [0.15, 0.2) is 5.76 Å². The molecule has 7 nitrogen and oxygen atoms in total. The van der Waals surface area contributed by atoms with Crippen LogP contribution < -0.4 is 5.43 Å². The number of hydrogen-bond acceptors (Lipinski definition) is 7. The Hall–Kier alpha value is -3.07. The summed E-state index contributed by atoms with van der Waals surface area (Å²) in [4.78, 5) is 24.7. The normalized spacial score (nSPS) is 12.0. The number of benzene rings is 1. The number of thioether (sulfide) groups is 1. The van der Waals surface area contributed by atoms with E-state index in [1.54, 1.807) is 31.3 Å². The van der Waals surface area contributed by atoms with E-state index < -0.39 is 23.1 Å². The number of methoxy groups -OCH3 is 1. The molecular formula is C20H19FN2O5S. The number of hydrogen-bond donors (Lipinski definition) is 1. The highest BCUT2D eigenvalue weighted by atomic mass is 32.2. The SMILES string of the molecule is COC(=O)C[C@H](c1oc(CSc2ccccc2F)cc(=O)c1O)c1ccnn1C. The van der Waals surface area contributed by atoms with Gasteiger partial charge in [0.05, 0.1) is 25.2 Å². The molecule has 152 valence electrons. The van der Waals surface area contributed by atoms with Crippen molar-refractivity contribution in [3.8, 4) is 5.75 Å². The molecule has 0 amide bonds. The van der Waals surface area contributed by atoms with E-state index in [4.69, 9.17) is 9.15 Å². The largest absolute Gasteiger partial charge is 0.502 e.